The van der Waals surface area contributed by atoms with E-state index in [9.17, 15) is 9.59 Å². The molecule has 2 saturated heterocycles. The standard InChI is InChI=1S/C15H25N7O2/c23-14(20-5-3-1-2-4-6-20)11-19-7-9-21(10-8-19)15(24)12-22-13-16-17-18-22/h13H,1-12H2. The molecule has 2 fully saturated rings. The quantitative estimate of drug-likeness (QED) is 0.717. The van der Waals surface area contributed by atoms with Crippen molar-refractivity contribution in [3.63, 3.8) is 0 Å². The second kappa shape index (κ2) is 8.18. The van der Waals surface area contributed by atoms with E-state index in [1.165, 1.54) is 23.9 Å². The second-order valence-corrected chi connectivity index (χ2v) is 6.46. The van der Waals surface area contributed by atoms with Crippen molar-refractivity contribution in [2.75, 3.05) is 45.8 Å². The van der Waals surface area contributed by atoms with Crippen LogP contribution < -0.4 is 0 Å². The van der Waals surface area contributed by atoms with Crippen molar-refractivity contribution < 1.29 is 9.59 Å². The zero-order valence-corrected chi connectivity index (χ0v) is 14.0. The number of amides is 2. The van der Waals surface area contributed by atoms with Crippen LogP contribution in [0.3, 0.4) is 0 Å². The van der Waals surface area contributed by atoms with E-state index >= 15 is 0 Å². The Labute approximate surface area is 141 Å². The van der Waals surface area contributed by atoms with Gasteiger partial charge >= 0.3 is 0 Å². The molecule has 2 aliphatic heterocycles. The van der Waals surface area contributed by atoms with Gasteiger partial charge in [0.15, 0.2) is 0 Å². The molecule has 0 aromatic carbocycles. The summed E-state index contributed by atoms with van der Waals surface area (Å²) in [4.78, 5) is 30.6. The summed E-state index contributed by atoms with van der Waals surface area (Å²) < 4.78 is 1.43. The van der Waals surface area contributed by atoms with Gasteiger partial charge in [0.25, 0.3) is 0 Å². The van der Waals surface area contributed by atoms with Gasteiger partial charge in [-0.25, -0.2) is 4.68 Å². The number of likely N-dealkylation sites (tertiary alicyclic amines) is 1. The minimum atomic E-state index is 0.0146. The maximum atomic E-state index is 12.4. The average molecular weight is 335 g/mol. The highest BCUT2D eigenvalue weighted by Crippen LogP contribution is 2.11. The predicted octanol–water partition coefficient (Wildman–Crippen LogP) is -0.780. The van der Waals surface area contributed by atoms with Crippen molar-refractivity contribution in [2.24, 2.45) is 0 Å². The molecule has 0 saturated carbocycles. The van der Waals surface area contributed by atoms with E-state index in [1.807, 2.05) is 9.80 Å². The Morgan fingerprint density at radius 1 is 0.792 bits per heavy atom. The maximum Gasteiger partial charge on any atom is 0.244 e. The Morgan fingerprint density at radius 2 is 1.42 bits per heavy atom. The fraction of sp³-hybridized carbons (Fsp3) is 0.800. The van der Waals surface area contributed by atoms with Crippen LogP contribution in [0.2, 0.25) is 0 Å². The molecule has 0 atom stereocenters. The lowest BCUT2D eigenvalue weighted by Crippen LogP contribution is -2.52. The van der Waals surface area contributed by atoms with Crippen LogP contribution in [-0.4, -0.2) is 92.5 Å². The topological polar surface area (TPSA) is 87.5 Å². The van der Waals surface area contributed by atoms with Crippen molar-refractivity contribution in [1.29, 1.82) is 0 Å². The fourth-order valence-corrected chi connectivity index (χ4v) is 3.26. The van der Waals surface area contributed by atoms with Crippen LogP contribution in [0.5, 0.6) is 0 Å². The third kappa shape index (κ3) is 4.50. The molecule has 0 unspecified atom stereocenters. The third-order valence-corrected chi connectivity index (χ3v) is 4.73. The van der Waals surface area contributed by atoms with Crippen LogP contribution in [0.4, 0.5) is 0 Å². The van der Waals surface area contributed by atoms with Crippen LogP contribution in [0.15, 0.2) is 6.33 Å². The minimum Gasteiger partial charge on any atom is -0.342 e. The summed E-state index contributed by atoms with van der Waals surface area (Å²) in [5.41, 5.74) is 0. The lowest BCUT2D eigenvalue weighted by atomic mass is 10.2. The number of hydrogen-bond donors (Lipinski definition) is 0. The van der Waals surface area contributed by atoms with Gasteiger partial charge in [-0.05, 0) is 23.3 Å². The van der Waals surface area contributed by atoms with Crippen LogP contribution >= 0.6 is 0 Å². The van der Waals surface area contributed by atoms with Gasteiger partial charge in [0.2, 0.25) is 11.8 Å². The minimum absolute atomic E-state index is 0.0146. The molecule has 0 spiro atoms. The molecule has 132 valence electrons. The Hall–Kier alpha value is -2.03. The van der Waals surface area contributed by atoms with Crippen LogP contribution in [0.1, 0.15) is 25.7 Å². The van der Waals surface area contributed by atoms with Gasteiger partial charge in [-0.15, -0.1) is 5.10 Å². The first-order chi connectivity index (χ1) is 11.7. The molecule has 9 heteroatoms. The van der Waals surface area contributed by atoms with Gasteiger partial charge in [-0.1, -0.05) is 12.8 Å². The molecular weight excluding hydrogens is 310 g/mol. The molecule has 24 heavy (non-hydrogen) atoms. The highest BCUT2D eigenvalue weighted by Gasteiger charge is 2.24. The number of piperazine rings is 1. The number of aromatic nitrogens is 4. The van der Waals surface area contributed by atoms with E-state index in [1.54, 1.807) is 0 Å². The van der Waals surface area contributed by atoms with E-state index in [0.717, 1.165) is 39.0 Å². The molecule has 1 aromatic rings. The number of rotatable bonds is 4. The Morgan fingerprint density at radius 3 is 2.04 bits per heavy atom. The largest absolute Gasteiger partial charge is 0.342 e. The van der Waals surface area contributed by atoms with Crippen molar-refractivity contribution >= 4 is 11.8 Å². The molecule has 9 nitrogen and oxygen atoms in total. The van der Waals surface area contributed by atoms with Crippen LogP contribution in [0.25, 0.3) is 0 Å². The molecule has 3 rings (SSSR count). The summed E-state index contributed by atoms with van der Waals surface area (Å²) in [5, 5.41) is 10.8. The second-order valence-electron chi connectivity index (χ2n) is 6.46. The van der Waals surface area contributed by atoms with E-state index in [0.29, 0.717) is 19.6 Å². The van der Waals surface area contributed by atoms with Crippen molar-refractivity contribution in [2.45, 2.75) is 32.2 Å². The highest BCUT2D eigenvalue weighted by atomic mass is 16.2. The molecule has 0 aliphatic carbocycles. The molecule has 3 heterocycles. The first kappa shape index (κ1) is 16.8. The van der Waals surface area contributed by atoms with E-state index in [-0.39, 0.29) is 18.4 Å². The van der Waals surface area contributed by atoms with Gasteiger partial charge < -0.3 is 9.80 Å². The van der Waals surface area contributed by atoms with E-state index in [2.05, 4.69) is 20.4 Å². The molecule has 0 N–H and O–H groups in total. The number of nitrogens with zero attached hydrogens (tertiary/aromatic N) is 7. The van der Waals surface area contributed by atoms with Gasteiger partial charge in [-0.2, -0.15) is 0 Å². The van der Waals surface area contributed by atoms with Gasteiger partial charge in [0, 0.05) is 39.3 Å². The number of carbonyl (C=O) groups is 2. The predicted molar refractivity (Wildman–Crippen MR) is 85.9 cm³/mol. The summed E-state index contributed by atoms with van der Waals surface area (Å²) in [5.74, 6) is 0.242. The zero-order valence-electron chi connectivity index (χ0n) is 14.0. The molecule has 0 radical (unpaired) electrons. The summed E-state index contributed by atoms with van der Waals surface area (Å²) in [7, 11) is 0. The third-order valence-electron chi connectivity index (χ3n) is 4.73. The first-order valence-corrected chi connectivity index (χ1v) is 8.71. The van der Waals surface area contributed by atoms with Crippen molar-refractivity contribution in [1.82, 2.24) is 34.9 Å². The Bertz CT molecular complexity index is 532. The van der Waals surface area contributed by atoms with Gasteiger partial charge in [-0.3, -0.25) is 14.5 Å². The molecule has 1 aromatic heterocycles. The summed E-state index contributed by atoms with van der Waals surface area (Å²) in [6.45, 7) is 5.19. The lowest BCUT2D eigenvalue weighted by molar-refractivity contribution is -0.135. The average Bonchev–Trinajstić information content (AvgIpc) is 2.94. The fourth-order valence-electron chi connectivity index (χ4n) is 3.26. The normalized spacial score (nSPS) is 20.0. The molecule has 2 aliphatic rings. The van der Waals surface area contributed by atoms with Crippen molar-refractivity contribution in [3.8, 4) is 0 Å². The van der Waals surface area contributed by atoms with Crippen LogP contribution in [-0.2, 0) is 16.1 Å². The van der Waals surface area contributed by atoms with E-state index < -0.39 is 0 Å². The van der Waals surface area contributed by atoms with E-state index in [4.69, 9.17) is 0 Å². The van der Waals surface area contributed by atoms with Gasteiger partial charge in [0.1, 0.15) is 12.9 Å². The van der Waals surface area contributed by atoms with Gasteiger partial charge in [0.05, 0.1) is 6.54 Å². The lowest BCUT2D eigenvalue weighted by Gasteiger charge is -2.35. The summed E-state index contributed by atoms with van der Waals surface area (Å²) >= 11 is 0. The number of tetrazole rings is 1. The highest BCUT2D eigenvalue weighted by molar-refractivity contribution is 5.78. The monoisotopic (exact) mass is 335 g/mol. The smallest absolute Gasteiger partial charge is 0.244 e. The Balaban J connectivity index is 1.41. The first-order valence-electron chi connectivity index (χ1n) is 8.71. The maximum absolute atomic E-state index is 12.4. The number of carbonyl (C=O) groups excluding carboxylic acids is 2. The molecule has 2 amide bonds. The van der Waals surface area contributed by atoms with Crippen LogP contribution in [0, 0.1) is 0 Å². The summed E-state index contributed by atoms with van der Waals surface area (Å²) in [6, 6.07) is 0. The zero-order chi connectivity index (χ0) is 16.8. The summed E-state index contributed by atoms with van der Waals surface area (Å²) in [6.07, 6.45) is 6.13. The number of hydrogen-bond acceptors (Lipinski definition) is 6. The molecular formula is C15H25N7O2. The van der Waals surface area contributed by atoms with Crippen molar-refractivity contribution in [3.05, 3.63) is 6.33 Å². The Kier molecular flexibility index (Phi) is 5.73. The SMILES string of the molecule is O=C(CN1CCN(C(=O)Cn2cnnn2)CC1)N1CCCCCC1. The molecule has 0 bridgehead atoms.